The standard InChI is InChI=1S/C35H61N7O9/c1-9-21(8)28(40-30(45)23(16-18(2)3)37-29(44)22(36)17-43)34(49)41-14-10-12-24(41)31(46)38-26(19(4)5)32(47)39-27(20(6)7)33(48)42-15-11-13-25(42)35(50)51/h18-28,43H,9-17,36H2,1-8H3,(H,37,44)(H,38,46)(H,39,47)(H,40,45)(H,50,51)/t21-,22-,23-,24-,25-,26-,27-,28-/m0/s1. The van der Waals surface area contributed by atoms with Gasteiger partial charge in [0.15, 0.2) is 0 Å². The molecule has 2 aliphatic rings. The molecule has 0 saturated carbocycles. The summed E-state index contributed by atoms with van der Waals surface area (Å²) in [6, 6.07) is -7.21. The minimum absolute atomic E-state index is 0.00210. The molecule has 0 aromatic heterocycles. The van der Waals surface area contributed by atoms with E-state index >= 15 is 0 Å². The van der Waals surface area contributed by atoms with Crippen LogP contribution in [0.3, 0.4) is 0 Å². The molecule has 2 aliphatic heterocycles. The Morgan fingerprint density at radius 3 is 1.71 bits per heavy atom. The summed E-state index contributed by atoms with van der Waals surface area (Å²) in [5.74, 6) is -5.60. The van der Waals surface area contributed by atoms with Crippen molar-refractivity contribution in [3.63, 3.8) is 0 Å². The highest BCUT2D eigenvalue weighted by molar-refractivity contribution is 5.97. The van der Waals surface area contributed by atoms with Gasteiger partial charge in [0.25, 0.3) is 0 Å². The first-order chi connectivity index (χ1) is 23.9. The predicted octanol–water partition coefficient (Wildman–Crippen LogP) is -0.284. The highest BCUT2D eigenvalue weighted by Gasteiger charge is 2.43. The smallest absolute Gasteiger partial charge is 0.326 e. The van der Waals surface area contributed by atoms with E-state index in [0.29, 0.717) is 32.1 Å². The lowest BCUT2D eigenvalue weighted by Gasteiger charge is -2.34. The van der Waals surface area contributed by atoms with Crippen molar-refractivity contribution < 1.29 is 43.8 Å². The number of carboxylic acids is 1. The number of likely N-dealkylation sites (tertiary alicyclic amines) is 2. The second-order valence-corrected chi connectivity index (χ2v) is 15.0. The predicted molar refractivity (Wildman–Crippen MR) is 188 cm³/mol. The average Bonchev–Trinajstić information content (AvgIpc) is 3.77. The summed E-state index contributed by atoms with van der Waals surface area (Å²) < 4.78 is 0. The van der Waals surface area contributed by atoms with Crippen LogP contribution in [-0.4, -0.2) is 123 Å². The average molecular weight is 724 g/mol. The molecular weight excluding hydrogens is 662 g/mol. The van der Waals surface area contributed by atoms with Crippen molar-refractivity contribution in [2.24, 2.45) is 29.4 Å². The van der Waals surface area contributed by atoms with Gasteiger partial charge in [-0.15, -0.1) is 0 Å². The summed E-state index contributed by atoms with van der Waals surface area (Å²) in [6.07, 6.45) is 2.49. The first-order valence-electron chi connectivity index (χ1n) is 18.3. The van der Waals surface area contributed by atoms with Crippen LogP contribution < -0.4 is 27.0 Å². The van der Waals surface area contributed by atoms with Crippen LogP contribution in [0.5, 0.6) is 0 Å². The molecule has 16 heteroatoms. The molecule has 0 spiro atoms. The van der Waals surface area contributed by atoms with Crippen molar-refractivity contribution in [1.82, 2.24) is 31.1 Å². The third-order valence-electron chi connectivity index (χ3n) is 9.79. The summed E-state index contributed by atoms with van der Waals surface area (Å²) in [5, 5.41) is 29.8. The zero-order valence-corrected chi connectivity index (χ0v) is 31.4. The molecule has 0 aromatic carbocycles. The van der Waals surface area contributed by atoms with Crippen LogP contribution in [0.2, 0.25) is 0 Å². The fourth-order valence-corrected chi connectivity index (χ4v) is 6.49. The highest BCUT2D eigenvalue weighted by Crippen LogP contribution is 2.23. The first-order valence-corrected chi connectivity index (χ1v) is 18.3. The second-order valence-electron chi connectivity index (χ2n) is 15.0. The van der Waals surface area contributed by atoms with Gasteiger partial charge in [-0.2, -0.15) is 0 Å². The number of nitrogens with zero attached hydrogens (tertiary/aromatic N) is 2. The lowest BCUT2D eigenvalue weighted by Crippen LogP contribution is -2.61. The topological polar surface area (TPSA) is 241 Å². The Bertz CT molecular complexity index is 1260. The molecule has 16 nitrogen and oxygen atoms in total. The van der Waals surface area contributed by atoms with Crippen LogP contribution in [0.15, 0.2) is 0 Å². The number of hydrogen-bond acceptors (Lipinski definition) is 9. The van der Waals surface area contributed by atoms with Gasteiger partial charge in [-0.1, -0.05) is 61.8 Å². The Kier molecular flexibility index (Phi) is 16.8. The van der Waals surface area contributed by atoms with Crippen molar-refractivity contribution in [3.05, 3.63) is 0 Å². The van der Waals surface area contributed by atoms with E-state index in [0.717, 1.165) is 0 Å². The molecule has 0 aliphatic carbocycles. The lowest BCUT2D eigenvalue weighted by molar-refractivity contribution is -0.150. The van der Waals surface area contributed by atoms with Crippen molar-refractivity contribution in [3.8, 4) is 0 Å². The number of rotatable bonds is 18. The Balaban J connectivity index is 2.24. The Morgan fingerprint density at radius 2 is 1.22 bits per heavy atom. The normalized spacial score (nSPS) is 21.1. The molecule has 8 atom stereocenters. The molecule has 2 saturated heterocycles. The molecule has 2 rings (SSSR count). The van der Waals surface area contributed by atoms with E-state index in [1.807, 2.05) is 20.8 Å². The van der Waals surface area contributed by atoms with Gasteiger partial charge >= 0.3 is 5.97 Å². The summed E-state index contributed by atoms with van der Waals surface area (Å²) in [4.78, 5) is 95.4. The molecule has 0 aromatic rings. The van der Waals surface area contributed by atoms with Crippen LogP contribution >= 0.6 is 0 Å². The Morgan fingerprint density at radius 1 is 0.706 bits per heavy atom. The van der Waals surface area contributed by atoms with Crippen molar-refractivity contribution in [2.45, 2.75) is 136 Å². The molecule has 0 radical (unpaired) electrons. The molecule has 290 valence electrons. The van der Waals surface area contributed by atoms with E-state index in [9.17, 15) is 43.8 Å². The number of nitrogens with two attached hydrogens (primary N) is 1. The second kappa shape index (κ2) is 19.7. The first kappa shape index (κ1) is 43.4. The number of aliphatic hydroxyl groups excluding tert-OH is 1. The summed E-state index contributed by atoms with van der Waals surface area (Å²) >= 11 is 0. The minimum atomic E-state index is -1.22. The quantitative estimate of drug-likeness (QED) is 0.0976. The monoisotopic (exact) mass is 723 g/mol. The van der Waals surface area contributed by atoms with E-state index in [1.54, 1.807) is 34.6 Å². The van der Waals surface area contributed by atoms with E-state index in [4.69, 9.17) is 5.73 Å². The molecule has 51 heavy (non-hydrogen) atoms. The molecule has 0 unspecified atom stereocenters. The van der Waals surface area contributed by atoms with Crippen LogP contribution in [-0.2, 0) is 33.6 Å². The third kappa shape index (κ3) is 11.6. The largest absolute Gasteiger partial charge is 0.480 e. The van der Waals surface area contributed by atoms with Gasteiger partial charge in [0.1, 0.15) is 42.3 Å². The van der Waals surface area contributed by atoms with Gasteiger partial charge in [-0.05, 0) is 55.8 Å². The summed E-state index contributed by atoms with van der Waals surface area (Å²) in [6.45, 7) is 14.3. The lowest BCUT2D eigenvalue weighted by atomic mass is 9.95. The number of carbonyl (C=O) groups excluding carboxylic acids is 6. The van der Waals surface area contributed by atoms with Crippen LogP contribution in [0, 0.1) is 23.7 Å². The summed E-state index contributed by atoms with van der Waals surface area (Å²) in [5.41, 5.74) is 5.65. The van der Waals surface area contributed by atoms with Crippen molar-refractivity contribution in [2.75, 3.05) is 19.7 Å². The third-order valence-corrected chi connectivity index (χ3v) is 9.79. The molecule has 6 amide bonds. The molecule has 0 bridgehead atoms. The van der Waals surface area contributed by atoms with Gasteiger partial charge in [-0.25, -0.2) is 4.79 Å². The van der Waals surface area contributed by atoms with Gasteiger partial charge in [0.05, 0.1) is 6.61 Å². The van der Waals surface area contributed by atoms with Crippen LogP contribution in [0.1, 0.15) is 93.9 Å². The number of aliphatic carboxylic acids is 1. The van der Waals surface area contributed by atoms with E-state index in [-0.39, 0.29) is 37.3 Å². The van der Waals surface area contributed by atoms with E-state index < -0.39 is 96.2 Å². The minimum Gasteiger partial charge on any atom is -0.480 e. The van der Waals surface area contributed by atoms with Gasteiger partial charge < -0.3 is 47.0 Å². The van der Waals surface area contributed by atoms with Gasteiger partial charge in [0.2, 0.25) is 35.4 Å². The maximum atomic E-state index is 14.1. The maximum absolute atomic E-state index is 14.1. The molecule has 2 heterocycles. The fraction of sp³-hybridized carbons (Fsp3) is 0.800. The Hall–Kier alpha value is -3.79. The van der Waals surface area contributed by atoms with Crippen molar-refractivity contribution in [1.29, 1.82) is 0 Å². The molecular formula is C35H61N7O9. The Labute approximate surface area is 301 Å². The van der Waals surface area contributed by atoms with Crippen LogP contribution in [0.25, 0.3) is 0 Å². The van der Waals surface area contributed by atoms with E-state index in [1.165, 1.54) is 9.80 Å². The fourth-order valence-electron chi connectivity index (χ4n) is 6.49. The zero-order chi connectivity index (χ0) is 38.7. The number of carbonyl (C=O) groups is 7. The summed E-state index contributed by atoms with van der Waals surface area (Å²) in [7, 11) is 0. The van der Waals surface area contributed by atoms with Gasteiger partial charge in [0, 0.05) is 13.1 Å². The van der Waals surface area contributed by atoms with Gasteiger partial charge in [-0.3, -0.25) is 28.8 Å². The van der Waals surface area contributed by atoms with Crippen molar-refractivity contribution >= 4 is 41.4 Å². The molecule has 8 N–H and O–H groups in total. The number of aliphatic hydroxyl groups is 1. The number of nitrogens with one attached hydrogen (secondary N) is 4. The van der Waals surface area contributed by atoms with Crippen LogP contribution in [0.4, 0.5) is 0 Å². The molecule has 2 fully saturated rings. The maximum Gasteiger partial charge on any atom is 0.326 e. The number of amides is 6. The number of hydrogen-bond donors (Lipinski definition) is 7. The zero-order valence-electron chi connectivity index (χ0n) is 31.4. The van der Waals surface area contributed by atoms with E-state index in [2.05, 4.69) is 21.3 Å². The highest BCUT2D eigenvalue weighted by atomic mass is 16.4. The SMILES string of the molecule is CC[C@H](C)[C@H](NC(=O)[C@H](CC(C)C)NC(=O)[C@@H](N)CO)C(=O)N1CCC[C@H]1C(=O)N[C@H](C(=O)N[C@H](C(=O)N1CCC[C@H]1C(=O)O)C(C)C)C(C)C. The number of carboxylic acid groups (broad SMARTS) is 1.